The maximum absolute atomic E-state index is 11.2. The molecule has 1 saturated heterocycles. The van der Waals surface area contributed by atoms with Crippen molar-refractivity contribution < 1.29 is 14.6 Å². The van der Waals surface area contributed by atoms with Crippen molar-refractivity contribution in [3.8, 4) is 0 Å². The lowest BCUT2D eigenvalue weighted by Crippen LogP contribution is -2.11. The van der Waals surface area contributed by atoms with Gasteiger partial charge in [0.1, 0.15) is 6.10 Å². The van der Waals surface area contributed by atoms with Gasteiger partial charge in [-0.1, -0.05) is 57.6 Å². The molecule has 1 aromatic rings. The van der Waals surface area contributed by atoms with Gasteiger partial charge in [0, 0.05) is 18.5 Å². The first-order valence-corrected chi connectivity index (χ1v) is 9.69. The zero-order chi connectivity index (χ0) is 17.9. The number of pyridine rings is 1. The Hall–Kier alpha value is -1.68. The zero-order valence-electron chi connectivity index (χ0n) is 15.3. The summed E-state index contributed by atoms with van der Waals surface area (Å²) in [6.07, 6.45) is 13.4. The molecule has 1 fully saturated rings. The lowest BCUT2D eigenvalue weighted by atomic mass is 10.1. The third-order valence-corrected chi connectivity index (χ3v) is 4.58. The smallest absolute Gasteiger partial charge is 0.306 e. The molecule has 138 valence electrons. The van der Waals surface area contributed by atoms with Crippen LogP contribution in [0.3, 0.4) is 0 Å². The van der Waals surface area contributed by atoms with Gasteiger partial charge in [0.15, 0.2) is 0 Å². The van der Waals surface area contributed by atoms with Crippen molar-refractivity contribution in [1.29, 1.82) is 0 Å². The van der Waals surface area contributed by atoms with Crippen LogP contribution in [0.1, 0.15) is 76.1 Å². The Kier molecular flexibility index (Phi) is 8.67. The SMILES string of the molecule is CCCCCCCCC(O)C=Cc1cccc(CC2CCC(=O)O2)n1. The minimum atomic E-state index is -0.410. The molecule has 4 heteroatoms. The van der Waals surface area contributed by atoms with Crippen molar-refractivity contribution >= 4 is 12.0 Å². The van der Waals surface area contributed by atoms with E-state index in [-0.39, 0.29) is 12.1 Å². The molecule has 0 spiro atoms. The number of aromatic nitrogens is 1. The summed E-state index contributed by atoms with van der Waals surface area (Å²) in [4.78, 5) is 15.7. The van der Waals surface area contributed by atoms with Crippen molar-refractivity contribution in [1.82, 2.24) is 4.98 Å². The third-order valence-electron chi connectivity index (χ3n) is 4.58. The molecule has 4 nitrogen and oxygen atoms in total. The fourth-order valence-corrected chi connectivity index (χ4v) is 3.10. The normalized spacial score (nSPS) is 18.6. The number of nitrogens with zero attached hydrogens (tertiary/aromatic N) is 1. The van der Waals surface area contributed by atoms with Crippen LogP contribution in [-0.4, -0.2) is 28.3 Å². The highest BCUT2D eigenvalue weighted by Crippen LogP contribution is 2.18. The van der Waals surface area contributed by atoms with Gasteiger partial charge in [0.25, 0.3) is 0 Å². The summed E-state index contributed by atoms with van der Waals surface area (Å²) >= 11 is 0. The first-order valence-electron chi connectivity index (χ1n) is 9.69. The highest BCUT2D eigenvalue weighted by atomic mass is 16.5. The molecule has 0 aliphatic carbocycles. The molecule has 0 bridgehead atoms. The van der Waals surface area contributed by atoms with Crippen LogP contribution in [0.15, 0.2) is 24.3 Å². The zero-order valence-corrected chi connectivity index (χ0v) is 15.3. The van der Waals surface area contributed by atoms with E-state index in [4.69, 9.17) is 4.74 Å². The summed E-state index contributed by atoms with van der Waals surface area (Å²) in [5.41, 5.74) is 1.76. The fraction of sp³-hybridized carbons (Fsp3) is 0.619. The second-order valence-corrected chi connectivity index (χ2v) is 6.89. The van der Waals surface area contributed by atoms with Gasteiger partial charge < -0.3 is 9.84 Å². The molecule has 1 N–H and O–H groups in total. The Morgan fingerprint density at radius 3 is 2.84 bits per heavy atom. The Bertz CT molecular complexity index is 556. The van der Waals surface area contributed by atoms with E-state index in [9.17, 15) is 9.90 Å². The van der Waals surface area contributed by atoms with Gasteiger partial charge in [-0.2, -0.15) is 0 Å². The Balaban J connectivity index is 1.72. The number of esters is 1. The number of ether oxygens (including phenoxy) is 1. The first-order chi connectivity index (χ1) is 12.2. The quantitative estimate of drug-likeness (QED) is 0.475. The van der Waals surface area contributed by atoms with Gasteiger partial charge in [-0.3, -0.25) is 9.78 Å². The predicted molar refractivity (Wildman–Crippen MR) is 100 cm³/mol. The van der Waals surface area contributed by atoms with Gasteiger partial charge in [0.2, 0.25) is 0 Å². The summed E-state index contributed by atoms with van der Waals surface area (Å²) in [5, 5.41) is 10.1. The predicted octanol–water partition coefficient (Wildman–Crippen LogP) is 4.45. The molecule has 0 aromatic carbocycles. The molecule has 1 aromatic heterocycles. The topological polar surface area (TPSA) is 59.4 Å². The lowest BCUT2D eigenvalue weighted by Gasteiger charge is -2.09. The van der Waals surface area contributed by atoms with Gasteiger partial charge in [-0.15, -0.1) is 0 Å². The minimum absolute atomic E-state index is 0.0440. The van der Waals surface area contributed by atoms with E-state index >= 15 is 0 Å². The highest BCUT2D eigenvalue weighted by Gasteiger charge is 2.23. The Morgan fingerprint density at radius 2 is 2.08 bits per heavy atom. The van der Waals surface area contributed by atoms with Crippen molar-refractivity contribution in [2.24, 2.45) is 0 Å². The average molecular weight is 345 g/mol. The number of aliphatic hydroxyl groups excluding tert-OH is 1. The van der Waals surface area contributed by atoms with Crippen molar-refractivity contribution in [2.45, 2.75) is 83.3 Å². The molecule has 1 aliphatic rings. The number of carbonyl (C=O) groups excluding carboxylic acids is 1. The molecule has 2 heterocycles. The monoisotopic (exact) mass is 345 g/mol. The molecule has 1 aliphatic heterocycles. The largest absolute Gasteiger partial charge is 0.462 e. The van der Waals surface area contributed by atoms with Gasteiger partial charge in [-0.05, 0) is 31.1 Å². The van der Waals surface area contributed by atoms with E-state index in [1.165, 1.54) is 32.1 Å². The van der Waals surface area contributed by atoms with E-state index < -0.39 is 6.10 Å². The van der Waals surface area contributed by atoms with Gasteiger partial charge >= 0.3 is 5.97 Å². The molecule has 25 heavy (non-hydrogen) atoms. The van der Waals surface area contributed by atoms with E-state index in [0.29, 0.717) is 12.8 Å². The minimum Gasteiger partial charge on any atom is -0.462 e. The maximum Gasteiger partial charge on any atom is 0.306 e. The Morgan fingerprint density at radius 1 is 1.28 bits per heavy atom. The molecular formula is C21H31NO3. The number of hydrogen-bond acceptors (Lipinski definition) is 4. The molecular weight excluding hydrogens is 314 g/mol. The van der Waals surface area contributed by atoms with E-state index in [1.807, 2.05) is 30.4 Å². The average Bonchev–Trinajstić information content (AvgIpc) is 3.01. The second-order valence-electron chi connectivity index (χ2n) is 6.89. The third kappa shape index (κ3) is 7.82. The number of rotatable bonds is 11. The number of unbranched alkanes of at least 4 members (excludes halogenated alkanes) is 5. The number of cyclic esters (lactones) is 1. The summed E-state index contributed by atoms with van der Waals surface area (Å²) in [5.74, 6) is -0.112. The summed E-state index contributed by atoms with van der Waals surface area (Å²) in [6, 6.07) is 5.84. The van der Waals surface area contributed by atoms with E-state index in [2.05, 4.69) is 11.9 Å². The molecule has 0 radical (unpaired) electrons. The number of hydrogen-bond donors (Lipinski definition) is 1. The van der Waals surface area contributed by atoms with Crippen LogP contribution >= 0.6 is 0 Å². The summed E-state index contributed by atoms with van der Waals surface area (Å²) in [6.45, 7) is 2.22. The van der Waals surface area contributed by atoms with Crippen LogP contribution < -0.4 is 0 Å². The standard InChI is InChI=1S/C21H31NO3/c1-2-3-4-5-6-7-11-19(23)13-12-17-9-8-10-18(22-17)16-20-14-15-21(24)25-20/h8-10,12-13,19-20,23H,2-7,11,14-16H2,1H3. The van der Waals surface area contributed by atoms with Crippen molar-refractivity contribution in [2.75, 3.05) is 0 Å². The lowest BCUT2D eigenvalue weighted by molar-refractivity contribution is -0.141. The fourth-order valence-electron chi connectivity index (χ4n) is 3.10. The van der Waals surface area contributed by atoms with Crippen LogP contribution in [-0.2, 0) is 16.0 Å². The van der Waals surface area contributed by atoms with E-state index in [1.54, 1.807) is 0 Å². The Labute approximate surface area is 151 Å². The molecule has 2 rings (SSSR count). The second kappa shape index (κ2) is 11.0. The highest BCUT2D eigenvalue weighted by molar-refractivity contribution is 5.71. The van der Waals surface area contributed by atoms with Crippen LogP contribution in [0.4, 0.5) is 0 Å². The molecule has 0 saturated carbocycles. The van der Waals surface area contributed by atoms with Crippen molar-refractivity contribution in [3.63, 3.8) is 0 Å². The number of carbonyl (C=O) groups is 1. The van der Waals surface area contributed by atoms with Gasteiger partial charge in [0.05, 0.1) is 11.8 Å². The summed E-state index contributed by atoms with van der Waals surface area (Å²) < 4.78 is 5.25. The molecule has 2 unspecified atom stereocenters. The van der Waals surface area contributed by atoms with E-state index in [0.717, 1.165) is 30.7 Å². The van der Waals surface area contributed by atoms with Crippen LogP contribution in [0.5, 0.6) is 0 Å². The molecule has 0 amide bonds. The van der Waals surface area contributed by atoms with Crippen LogP contribution in [0.2, 0.25) is 0 Å². The summed E-state index contributed by atoms with van der Waals surface area (Å²) in [7, 11) is 0. The molecule has 2 atom stereocenters. The van der Waals surface area contributed by atoms with Crippen LogP contribution in [0, 0.1) is 0 Å². The maximum atomic E-state index is 11.2. The van der Waals surface area contributed by atoms with Gasteiger partial charge in [-0.25, -0.2) is 0 Å². The number of aliphatic hydroxyl groups is 1. The van der Waals surface area contributed by atoms with Crippen LogP contribution in [0.25, 0.3) is 6.08 Å². The first kappa shape index (κ1) is 19.6. The van der Waals surface area contributed by atoms with Crippen molar-refractivity contribution in [3.05, 3.63) is 35.7 Å².